The van der Waals surface area contributed by atoms with Crippen LogP contribution in [0.4, 0.5) is 13.2 Å². The Morgan fingerprint density at radius 3 is 2.12 bits per heavy atom. The van der Waals surface area contributed by atoms with Crippen LogP contribution in [0, 0.1) is 0 Å². The molecule has 0 amide bonds. The largest absolute Gasteiger partial charge is 0.235 e. The smallest absolute Gasteiger partial charge is 0.174 e. The Labute approximate surface area is 44.3 Å². The summed E-state index contributed by atoms with van der Waals surface area (Å²) in [5, 5.41) is 0. The monoisotopic (exact) mass is 120 g/mol. The van der Waals surface area contributed by atoms with Crippen LogP contribution in [0.25, 0.3) is 0 Å². The highest BCUT2D eigenvalue weighted by Crippen LogP contribution is 2.23. The van der Waals surface area contributed by atoms with Crippen LogP contribution in [0.2, 0.25) is 0 Å². The van der Waals surface area contributed by atoms with Crippen LogP contribution in [0.15, 0.2) is 23.8 Å². The van der Waals surface area contributed by atoms with Gasteiger partial charge in [-0.2, -0.15) is 0 Å². The lowest BCUT2D eigenvalue weighted by atomic mass is 10.4. The van der Waals surface area contributed by atoms with Crippen LogP contribution in [0.3, 0.4) is 0 Å². The summed E-state index contributed by atoms with van der Waals surface area (Å²) in [7, 11) is 0. The van der Waals surface area contributed by atoms with E-state index in [1.807, 2.05) is 0 Å². The first kappa shape index (κ1) is 5.41. The molecule has 1 aliphatic carbocycles. The molecule has 0 aromatic carbocycles. The van der Waals surface area contributed by atoms with Crippen LogP contribution in [-0.2, 0) is 0 Å². The van der Waals surface area contributed by atoms with Crippen molar-refractivity contribution in [3.8, 4) is 0 Å². The van der Waals surface area contributed by atoms with Gasteiger partial charge in [-0.25, -0.2) is 13.2 Å². The standard InChI is InChI=1S/C5H3F3/c6-3-1-2-4(7)5(3)8/h1-3H. The van der Waals surface area contributed by atoms with Crippen molar-refractivity contribution in [3.63, 3.8) is 0 Å². The molecular weight excluding hydrogens is 117 g/mol. The summed E-state index contributed by atoms with van der Waals surface area (Å²) >= 11 is 0. The molecule has 0 aliphatic heterocycles. The van der Waals surface area contributed by atoms with E-state index in [2.05, 4.69) is 0 Å². The molecule has 0 bridgehead atoms. The zero-order valence-corrected chi connectivity index (χ0v) is 3.87. The molecule has 1 atom stereocenters. The van der Waals surface area contributed by atoms with Gasteiger partial charge >= 0.3 is 0 Å². The molecule has 44 valence electrons. The molecule has 1 aliphatic rings. The first-order valence-electron chi connectivity index (χ1n) is 2.09. The molecule has 1 rings (SSSR count). The van der Waals surface area contributed by atoms with E-state index in [0.29, 0.717) is 0 Å². The van der Waals surface area contributed by atoms with E-state index in [1.54, 1.807) is 0 Å². The molecule has 0 fully saturated rings. The maximum atomic E-state index is 11.8. The summed E-state index contributed by atoms with van der Waals surface area (Å²) in [4.78, 5) is 0. The van der Waals surface area contributed by atoms with Gasteiger partial charge in [0.1, 0.15) is 0 Å². The maximum absolute atomic E-state index is 11.8. The second kappa shape index (κ2) is 1.65. The molecule has 3 heteroatoms. The van der Waals surface area contributed by atoms with Gasteiger partial charge in [-0.05, 0) is 12.2 Å². The van der Waals surface area contributed by atoms with Crippen molar-refractivity contribution in [1.29, 1.82) is 0 Å². The predicted molar refractivity (Wildman–Crippen MR) is 23.3 cm³/mol. The topological polar surface area (TPSA) is 0 Å². The van der Waals surface area contributed by atoms with Gasteiger partial charge in [-0.15, -0.1) is 0 Å². The fourth-order valence-electron chi connectivity index (χ4n) is 0.465. The third-order valence-corrected chi connectivity index (χ3v) is 0.882. The van der Waals surface area contributed by atoms with Crippen LogP contribution in [-0.4, -0.2) is 6.17 Å². The minimum Gasteiger partial charge on any atom is -0.235 e. The van der Waals surface area contributed by atoms with Crippen LogP contribution >= 0.6 is 0 Å². The molecule has 0 spiro atoms. The van der Waals surface area contributed by atoms with Crippen molar-refractivity contribution < 1.29 is 13.2 Å². The van der Waals surface area contributed by atoms with Crippen LogP contribution in [0.1, 0.15) is 0 Å². The van der Waals surface area contributed by atoms with E-state index in [1.165, 1.54) is 0 Å². The third kappa shape index (κ3) is 0.638. The Morgan fingerprint density at radius 1 is 1.38 bits per heavy atom. The lowest BCUT2D eigenvalue weighted by Gasteiger charge is -1.88. The lowest BCUT2D eigenvalue weighted by Crippen LogP contribution is -1.89. The normalized spacial score (nSPS) is 27.6. The summed E-state index contributed by atoms with van der Waals surface area (Å²) in [6.07, 6.45) is -0.250. The Bertz CT molecular complexity index is 157. The Kier molecular flexibility index (Phi) is 1.12. The molecule has 8 heavy (non-hydrogen) atoms. The molecule has 0 aromatic rings. The van der Waals surface area contributed by atoms with Crippen LogP contribution < -0.4 is 0 Å². The first-order valence-corrected chi connectivity index (χ1v) is 2.09. The van der Waals surface area contributed by atoms with Crippen molar-refractivity contribution in [1.82, 2.24) is 0 Å². The van der Waals surface area contributed by atoms with E-state index in [4.69, 9.17) is 0 Å². The van der Waals surface area contributed by atoms with Crippen molar-refractivity contribution >= 4 is 0 Å². The molecule has 0 nitrogen and oxygen atoms in total. The van der Waals surface area contributed by atoms with E-state index < -0.39 is 17.8 Å². The average molecular weight is 120 g/mol. The van der Waals surface area contributed by atoms with Gasteiger partial charge in [-0.1, -0.05) is 0 Å². The Balaban J connectivity index is 2.85. The lowest BCUT2D eigenvalue weighted by molar-refractivity contribution is 0.376. The van der Waals surface area contributed by atoms with Gasteiger partial charge in [0.2, 0.25) is 0 Å². The zero-order chi connectivity index (χ0) is 6.15. The molecular formula is C5H3F3. The number of rotatable bonds is 0. The summed E-state index contributed by atoms with van der Waals surface area (Å²) in [6, 6.07) is 0. The summed E-state index contributed by atoms with van der Waals surface area (Å²) in [5.41, 5.74) is 0. The van der Waals surface area contributed by atoms with Crippen molar-refractivity contribution in [2.75, 3.05) is 0 Å². The second-order valence-corrected chi connectivity index (χ2v) is 1.46. The highest BCUT2D eigenvalue weighted by Gasteiger charge is 2.19. The van der Waals surface area contributed by atoms with E-state index >= 15 is 0 Å². The van der Waals surface area contributed by atoms with Gasteiger partial charge in [-0.3, -0.25) is 0 Å². The highest BCUT2D eigenvalue weighted by atomic mass is 19.2. The molecule has 0 heterocycles. The van der Waals surface area contributed by atoms with Crippen molar-refractivity contribution in [3.05, 3.63) is 23.8 Å². The minimum atomic E-state index is -1.85. The summed E-state index contributed by atoms with van der Waals surface area (Å²) in [5.74, 6) is -2.41. The average Bonchev–Trinajstić information content (AvgIpc) is 1.98. The van der Waals surface area contributed by atoms with Crippen molar-refractivity contribution in [2.45, 2.75) is 6.17 Å². The van der Waals surface area contributed by atoms with E-state index in [0.717, 1.165) is 12.2 Å². The fourth-order valence-corrected chi connectivity index (χ4v) is 0.465. The number of hydrogen-bond acceptors (Lipinski definition) is 0. The SMILES string of the molecule is FC1=C(F)C(F)C=C1. The highest BCUT2D eigenvalue weighted by molar-refractivity contribution is 5.29. The Hall–Kier alpha value is -0.730. The number of halogens is 3. The number of allylic oxidation sites excluding steroid dienone is 4. The number of alkyl halides is 1. The zero-order valence-electron chi connectivity index (χ0n) is 3.87. The molecule has 0 saturated carbocycles. The van der Waals surface area contributed by atoms with E-state index in [-0.39, 0.29) is 0 Å². The summed E-state index contributed by atoms with van der Waals surface area (Å²) in [6.45, 7) is 0. The molecule has 0 aromatic heterocycles. The second-order valence-electron chi connectivity index (χ2n) is 1.46. The number of hydrogen-bond donors (Lipinski definition) is 0. The minimum absolute atomic E-state index is 0.778. The van der Waals surface area contributed by atoms with Gasteiger partial charge < -0.3 is 0 Å². The molecule has 0 saturated heterocycles. The van der Waals surface area contributed by atoms with E-state index in [9.17, 15) is 13.2 Å². The third-order valence-electron chi connectivity index (χ3n) is 0.882. The fraction of sp³-hybridized carbons (Fsp3) is 0.200. The summed E-state index contributed by atoms with van der Waals surface area (Å²) < 4.78 is 35.3. The predicted octanol–water partition coefficient (Wildman–Crippen LogP) is 2.04. The van der Waals surface area contributed by atoms with Gasteiger partial charge in [0.05, 0.1) is 0 Å². The van der Waals surface area contributed by atoms with Crippen molar-refractivity contribution in [2.24, 2.45) is 0 Å². The molecule has 0 N–H and O–H groups in total. The maximum Gasteiger partial charge on any atom is 0.174 e. The molecule has 0 radical (unpaired) electrons. The van der Waals surface area contributed by atoms with Gasteiger partial charge in [0, 0.05) is 0 Å². The Morgan fingerprint density at radius 2 is 2.00 bits per heavy atom. The molecule has 1 unspecified atom stereocenters. The van der Waals surface area contributed by atoms with Gasteiger partial charge in [0.25, 0.3) is 0 Å². The van der Waals surface area contributed by atoms with Crippen LogP contribution in [0.5, 0.6) is 0 Å². The van der Waals surface area contributed by atoms with Gasteiger partial charge in [0.15, 0.2) is 17.8 Å². The first-order chi connectivity index (χ1) is 3.72. The quantitative estimate of drug-likeness (QED) is 0.459.